The second kappa shape index (κ2) is 57.2. The van der Waals surface area contributed by atoms with Crippen LogP contribution in [0.25, 0.3) is 0 Å². The average Bonchev–Trinajstić information content (AvgIpc) is 3.35. The molecule has 69 heavy (non-hydrogen) atoms. The van der Waals surface area contributed by atoms with Gasteiger partial charge in [-0.15, -0.1) is 0 Å². The fraction of sp³-hybridized carbons (Fsp3) is 0.730. The summed E-state index contributed by atoms with van der Waals surface area (Å²) in [5.74, 6) is -0.897. The molecular formula is C63H108O6. The molecule has 0 aromatic rings. The number of carbonyl (C=O) groups is 3. The normalized spacial score (nSPS) is 12.7. The highest BCUT2D eigenvalue weighted by molar-refractivity contribution is 5.71. The van der Waals surface area contributed by atoms with Gasteiger partial charge in [-0.05, 0) is 96.3 Å². The molecule has 0 aliphatic rings. The molecule has 0 aromatic carbocycles. The number of rotatable bonds is 52. The van der Waals surface area contributed by atoms with Gasteiger partial charge in [-0.1, -0.05) is 247 Å². The summed E-state index contributed by atoms with van der Waals surface area (Å²) in [5.41, 5.74) is 0. The number of esters is 3. The molecule has 0 saturated carbocycles. The monoisotopic (exact) mass is 961 g/mol. The predicted molar refractivity (Wildman–Crippen MR) is 297 cm³/mol. The van der Waals surface area contributed by atoms with E-state index in [1.807, 2.05) is 0 Å². The lowest BCUT2D eigenvalue weighted by atomic mass is 10.1. The summed E-state index contributed by atoms with van der Waals surface area (Å²) in [6, 6.07) is 0. The molecule has 6 heteroatoms. The van der Waals surface area contributed by atoms with Gasteiger partial charge in [-0.3, -0.25) is 14.4 Å². The third-order valence-electron chi connectivity index (χ3n) is 12.4. The first-order valence-electron chi connectivity index (χ1n) is 29.1. The van der Waals surface area contributed by atoms with Crippen LogP contribution in [0, 0.1) is 0 Å². The maximum absolute atomic E-state index is 12.8. The van der Waals surface area contributed by atoms with E-state index in [1.165, 1.54) is 122 Å². The van der Waals surface area contributed by atoms with Crippen LogP contribution < -0.4 is 0 Å². The molecule has 0 aliphatic heterocycles. The molecule has 0 aromatic heterocycles. The Labute approximate surface area is 426 Å². The summed E-state index contributed by atoms with van der Waals surface area (Å²) in [5, 5.41) is 0. The first kappa shape index (κ1) is 65.6. The zero-order valence-corrected chi connectivity index (χ0v) is 45.3. The quantitative estimate of drug-likeness (QED) is 0.0262. The van der Waals surface area contributed by atoms with Gasteiger partial charge in [0.05, 0.1) is 0 Å². The van der Waals surface area contributed by atoms with Crippen LogP contribution in [0.2, 0.25) is 0 Å². The van der Waals surface area contributed by atoms with E-state index in [-0.39, 0.29) is 31.1 Å². The lowest BCUT2D eigenvalue weighted by Gasteiger charge is -2.18. The summed E-state index contributed by atoms with van der Waals surface area (Å²) < 4.78 is 16.8. The molecule has 0 aliphatic carbocycles. The van der Waals surface area contributed by atoms with Gasteiger partial charge in [0.1, 0.15) is 13.2 Å². The standard InChI is InChI=1S/C63H108O6/c1-4-7-10-13-16-19-21-23-25-27-28-29-30-31-32-33-34-35-36-37-39-40-42-44-47-50-53-56-62(65)68-59-60(58-67-61(64)55-52-49-46-18-15-12-9-6-3)69-63(66)57-54-51-48-45-43-41-38-26-24-22-20-17-14-11-8-5-2/h7,10,16,19,23,25-26,28-29,31-32,34-35,38,60H,4-6,8-9,11-15,17-18,20-22,24,27,30,33,36-37,39-59H2,1-3H3/b10-7-,19-16-,25-23-,29-28-,32-31-,35-34-,38-26-. The number of ether oxygens (including phenoxy) is 3. The zero-order chi connectivity index (χ0) is 50.0. The average molecular weight is 962 g/mol. The first-order chi connectivity index (χ1) is 34.0. The molecule has 0 fully saturated rings. The van der Waals surface area contributed by atoms with E-state index in [4.69, 9.17) is 14.2 Å². The van der Waals surface area contributed by atoms with E-state index in [9.17, 15) is 14.4 Å². The van der Waals surface area contributed by atoms with Crippen molar-refractivity contribution in [2.45, 2.75) is 284 Å². The van der Waals surface area contributed by atoms with Gasteiger partial charge in [-0.2, -0.15) is 0 Å². The Bertz CT molecular complexity index is 1330. The number of hydrogen-bond donors (Lipinski definition) is 0. The Morgan fingerprint density at radius 2 is 0.565 bits per heavy atom. The summed E-state index contributed by atoms with van der Waals surface area (Å²) >= 11 is 0. The highest BCUT2D eigenvalue weighted by atomic mass is 16.6. The topological polar surface area (TPSA) is 78.9 Å². The van der Waals surface area contributed by atoms with E-state index >= 15 is 0 Å². The van der Waals surface area contributed by atoms with E-state index in [2.05, 4.69) is 106 Å². The third kappa shape index (κ3) is 55.4. The van der Waals surface area contributed by atoms with Gasteiger partial charge < -0.3 is 14.2 Å². The smallest absolute Gasteiger partial charge is 0.306 e. The number of unbranched alkanes of at least 4 members (excludes halogenated alkanes) is 27. The van der Waals surface area contributed by atoms with E-state index in [0.29, 0.717) is 19.3 Å². The van der Waals surface area contributed by atoms with Crippen molar-refractivity contribution in [3.8, 4) is 0 Å². The molecule has 0 rings (SSSR count). The zero-order valence-electron chi connectivity index (χ0n) is 45.3. The highest BCUT2D eigenvalue weighted by Crippen LogP contribution is 2.15. The molecule has 396 valence electrons. The minimum absolute atomic E-state index is 0.0806. The fourth-order valence-corrected chi connectivity index (χ4v) is 8.03. The fourth-order valence-electron chi connectivity index (χ4n) is 8.03. The molecule has 0 saturated heterocycles. The van der Waals surface area contributed by atoms with Crippen LogP contribution in [0.5, 0.6) is 0 Å². The molecule has 0 radical (unpaired) electrons. The Hall–Kier alpha value is -3.41. The van der Waals surface area contributed by atoms with Crippen LogP contribution in [0.3, 0.4) is 0 Å². The molecular weight excluding hydrogens is 853 g/mol. The molecule has 0 amide bonds. The SMILES string of the molecule is CC/C=C\C/C=C\C/C=C\C/C=C\C/C=C\C/C=C\CCCCCCCCCCC(=O)OCC(COC(=O)CCCCCCCCCC)OC(=O)CCCCCCC/C=C\CCCCCCCCC. The van der Waals surface area contributed by atoms with Gasteiger partial charge in [-0.25, -0.2) is 0 Å². The first-order valence-corrected chi connectivity index (χ1v) is 29.1. The van der Waals surface area contributed by atoms with Crippen LogP contribution in [0.15, 0.2) is 85.1 Å². The Morgan fingerprint density at radius 1 is 0.304 bits per heavy atom. The second-order valence-electron chi connectivity index (χ2n) is 19.2. The third-order valence-corrected chi connectivity index (χ3v) is 12.4. The van der Waals surface area contributed by atoms with Crippen LogP contribution in [-0.4, -0.2) is 37.2 Å². The Balaban J connectivity index is 4.22. The van der Waals surface area contributed by atoms with Crippen LogP contribution in [0.1, 0.15) is 278 Å². The summed E-state index contributed by atoms with van der Waals surface area (Å²) in [6.45, 7) is 6.49. The van der Waals surface area contributed by atoms with Crippen molar-refractivity contribution in [2.75, 3.05) is 13.2 Å². The summed E-state index contributed by atoms with van der Waals surface area (Å²) in [4.78, 5) is 38.0. The minimum atomic E-state index is -0.781. The van der Waals surface area contributed by atoms with Gasteiger partial charge in [0.2, 0.25) is 0 Å². The molecule has 0 N–H and O–H groups in total. The van der Waals surface area contributed by atoms with Crippen molar-refractivity contribution < 1.29 is 28.6 Å². The molecule has 1 unspecified atom stereocenters. The lowest BCUT2D eigenvalue weighted by Crippen LogP contribution is -2.30. The Kier molecular flexibility index (Phi) is 54.3. The van der Waals surface area contributed by atoms with Gasteiger partial charge in [0.25, 0.3) is 0 Å². The number of hydrogen-bond acceptors (Lipinski definition) is 6. The second-order valence-corrected chi connectivity index (χ2v) is 19.2. The van der Waals surface area contributed by atoms with Crippen LogP contribution >= 0.6 is 0 Å². The van der Waals surface area contributed by atoms with Crippen molar-refractivity contribution in [2.24, 2.45) is 0 Å². The predicted octanol–water partition coefficient (Wildman–Crippen LogP) is 19.5. The molecule has 0 spiro atoms. The van der Waals surface area contributed by atoms with E-state index in [1.54, 1.807) is 0 Å². The van der Waals surface area contributed by atoms with E-state index < -0.39 is 6.10 Å². The molecule has 0 bridgehead atoms. The maximum Gasteiger partial charge on any atom is 0.306 e. The largest absolute Gasteiger partial charge is 0.462 e. The summed E-state index contributed by atoms with van der Waals surface area (Å²) in [7, 11) is 0. The highest BCUT2D eigenvalue weighted by Gasteiger charge is 2.19. The summed E-state index contributed by atoms with van der Waals surface area (Å²) in [6.07, 6.45) is 74.5. The maximum atomic E-state index is 12.8. The van der Waals surface area contributed by atoms with Crippen molar-refractivity contribution >= 4 is 17.9 Å². The van der Waals surface area contributed by atoms with E-state index in [0.717, 1.165) is 116 Å². The molecule has 6 nitrogen and oxygen atoms in total. The van der Waals surface area contributed by atoms with Gasteiger partial charge in [0.15, 0.2) is 6.10 Å². The number of carbonyl (C=O) groups excluding carboxylic acids is 3. The molecule has 0 heterocycles. The number of allylic oxidation sites excluding steroid dienone is 14. The van der Waals surface area contributed by atoms with Crippen molar-refractivity contribution in [1.82, 2.24) is 0 Å². The van der Waals surface area contributed by atoms with Crippen LogP contribution in [-0.2, 0) is 28.6 Å². The lowest BCUT2D eigenvalue weighted by molar-refractivity contribution is -0.167. The van der Waals surface area contributed by atoms with Crippen molar-refractivity contribution in [3.05, 3.63) is 85.1 Å². The van der Waals surface area contributed by atoms with Gasteiger partial charge in [0, 0.05) is 19.3 Å². The van der Waals surface area contributed by atoms with Crippen molar-refractivity contribution in [3.63, 3.8) is 0 Å². The van der Waals surface area contributed by atoms with Gasteiger partial charge >= 0.3 is 17.9 Å². The minimum Gasteiger partial charge on any atom is -0.462 e. The van der Waals surface area contributed by atoms with Crippen molar-refractivity contribution in [1.29, 1.82) is 0 Å². The molecule has 1 atom stereocenters. The Morgan fingerprint density at radius 3 is 0.899 bits per heavy atom. The van der Waals surface area contributed by atoms with Crippen LogP contribution in [0.4, 0.5) is 0 Å².